The first-order valence-electron chi connectivity index (χ1n) is 7.22. The van der Waals surface area contributed by atoms with E-state index >= 15 is 0 Å². The number of para-hydroxylation sites is 2. The van der Waals surface area contributed by atoms with Gasteiger partial charge in [-0.25, -0.2) is 9.13 Å². The van der Waals surface area contributed by atoms with Crippen LogP contribution in [0.5, 0.6) is 0 Å². The number of nitrogens with two attached hydrogens (primary N) is 1. The molecule has 22 heavy (non-hydrogen) atoms. The largest absolute Gasteiger partial charge is 1.00 e. The van der Waals surface area contributed by atoms with Crippen molar-refractivity contribution in [2.75, 3.05) is 12.3 Å². The molecule has 0 bridgehead atoms. The SMILES string of the molecule is Nc1n(CCCO)c2ccccc2[n+]1Cc1ccccc1.[Br-]. The molecule has 0 radical (unpaired) electrons. The van der Waals surface area contributed by atoms with Gasteiger partial charge in [-0.2, -0.15) is 0 Å². The molecule has 1 aromatic heterocycles. The molecule has 5 heteroatoms. The number of nitrogens with zero attached hydrogens (tertiary/aromatic N) is 2. The van der Waals surface area contributed by atoms with Crippen LogP contribution in [0.4, 0.5) is 5.95 Å². The van der Waals surface area contributed by atoms with E-state index in [0.29, 0.717) is 6.42 Å². The number of fused-ring (bicyclic) bond motifs is 1. The zero-order valence-electron chi connectivity index (χ0n) is 12.3. The smallest absolute Gasteiger partial charge is 0.356 e. The van der Waals surface area contributed by atoms with Gasteiger partial charge in [-0.05, 0) is 17.7 Å². The predicted octanol–water partition coefficient (Wildman–Crippen LogP) is -1.05. The van der Waals surface area contributed by atoms with Crippen molar-refractivity contribution in [1.82, 2.24) is 4.57 Å². The van der Waals surface area contributed by atoms with E-state index < -0.39 is 0 Å². The fraction of sp³-hybridized carbons (Fsp3) is 0.235. The molecule has 0 saturated carbocycles. The van der Waals surface area contributed by atoms with Crippen molar-refractivity contribution in [2.24, 2.45) is 0 Å². The second kappa shape index (κ2) is 7.42. The molecule has 0 aliphatic heterocycles. The summed E-state index contributed by atoms with van der Waals surface area (Å²) in [6.07, 6.45) is 0.703. The average molecular weight is 362 g/mol. The molecule has 0 aliphatic carbocycles. The molecular formula is C17H20BrN3O. The molecule has 0 saturated heterocycles. The number of hydrogen-bond acceptors (Lipinski definition) is 2. The third-order valence-corrected chi connectivity index (χ3v) is 3.74. The van der Waals surface area contributed by atoms with Crippen LogP contribution in [0.1, 0.15) is 12.0 Å². The van der Waals surface area contributed by atoms with E-state index in [-0.39, 0.29) is 23.6 Å². The second-order valence-corrected chi connectivity index (χ2v) is 5.15. The Hall–Kier alpha value is -1.85. The van der Waals surface area contributed by atoms with Gasteiger partial charge < -0.3 is 22.1 Å². The molecule has 0 unspecified atom stereocenters. The maximum atomic E-state index is 9.07. The minimum atomic E-state index is 0. The van der Waals surface area contributed by atoms with Crippen molar-refractivity contribution in [3.8, 4) is 0 Å². The van der Waals surface area contributed by atoms with Gasteiger partial charge in [0, 0.05) is 13.0 Å². The lowest BCUT2D eigenvalue weighted by Gasteiger charge is -2.02. The zero-order valence-corrected chi connectivity index (χ0v) is 13.9. The average Bonchev–Trinajstić information content (AvgIpc) is 2.79. The van der Waals surface area contributed by atoms with Gasteiger partial charge in [-0.3, -0.25) is 5.73 Å². The van der Waals surface area contributed by atoms with Crippen molar-refractivity contribution >= 4 is 17.0 Å². The summed E-state index contributed by atoms with van der Waals surface area (Å²) in [5.74, 6) is 0.730. The molecular weight excluding hydrogens is 342 g/mol. The van der Waals surface area contributed by atoms with Crippen LogP contribution in [0.2, 0.25) is 0 Å². The highest BCUT2D eigenvalue weighted by Crippen LogP contribution is 2.17. The Morgan fingerprint density at radius 2 is 1.68 bits per heavy atom. The molecule has 3 rings (SSSR count). The lowest BCUT2D eigenvalue weighted by atomic mass is 10.2. The number of rotatable bonds is 5. The summed E-state index contributed by atoms with van der Waals surface area (Å²) >= 11 is 0. The first-order valence-corrected chi connectivity index (χ1v) is 7.22. The van der Waals surface area contributed by atoms with Crippen molar-refractivity contribution in [2.45, 2.75) is 19.5 Å². The van der Waals surface area contributed by atoms with Crippen molar-refractivity contribution in [3.63, 3.8) is 0 Å². The lowest BCUT2D eigenvalue weighted by Crippen LogP contribution is -3.00. The molecule has 3 aromatic rings. The predicted molar refractivity (Wildman–Crippen MR) is 83.8 cm³/mol. The quantitative estimate of drug-likeness (QED) is 0.569. The van der Waals surface area contributed by atoms with Crippen LogP contribution in [0.25, 0.3) is 11.0 Å². The maximum absolute atomic E-state index is 9.07. The minimum Gasteiger partial charge on any atom is -1.00 e. The van der Waals surface area contributed by atoms with E-state index in [1.54, 1.807) is 0 Å². The Morgan fingerprint density at radius 3 is 2.41 bits per heavy atom. The first-order chi connectivity index (χ1) is 10.3. The number of aryl methyl sites for hydroxylation is 1. The van der Waals surface area contributed by atoms with Gasteiger partial charge in [0.25, 0.3) is 0 Å². The van der Waals surface area contributed by atoms with Gasteiger partial charge >= 0.3 is 5.95 Å². The summed E-state index contributed by atoms with van der Waals surface area (Å²) < 4.78 is 4.20. The van der Waals surface area contributed by atoms with Crippen LogP contribution in [-0.2, 0) is 13.1 Å². The molecule has 4 nitrogen and oxygen atoms in total. The van der Waals surface area contributed by atoms with Crippen LogP contribution in [0.3, 0.4) is 0 Å². The zero-order chi connectivity index (χ0) is 14.7. The van der Waals surface area contributed by atoms with Gasteiger partial charge in [-0.15, -0.1) is 0 Å². The fourth-order valence-corrected chi connectivity index (χ4v) is 2.71. The number of anilines is 1. The normalized spacial score (nSPS) is 10.6. The molecule has 116 valence electrons. The van der Waals surface area contributed by atoms with E-state index in [0.717, 1.165) is 30.1 Å². The lowest BCUT2D eigenvalue weighted by molar-refractivity contribution is -0.648. The molecule has 3 N–H and O–H groups in total. The van der Waals surface area contributed by atoms with Crippen LogP contribution in [0.15, 0.2) is 54.6 Å². The van der Waals surface area contributed by atoms with Crippen LogP contribution < -0.4 is 27.3 Å². The molecule has 0 atom stereocenters. The number of imidazole rings is 1. The van der Waals surface area contributed by atoms with Crippen LogP contribution >= 0.6 is 0 Å². The number of benzene rings is 2. The Kier molecular flexibility index (Phi) is 5.57. The van der Waals surface area contributed by atoms with Crippen LogP contribution in [0, 0.1) is 0 Å². The van der Waals surface area contributed by atoms with Crippen LogP contribution in [-0.4, -0.2) is 16.3 Å². The van der Waals surface area contributed by atoms with Gasteiger partial charge in [0.2, 0.25) is 0 Å². The topological polar surface area (TPSA) is 55.1 Å². The van der Waals surface area contributed by atoms with E-state index in [4.69, 9.17) is 10.8 Å². The molecule has 1 heterocycles. The Balaban J connectivity index is 0.00000176. The number of aromatic nitrogens is 2. The first kappa shape index (κ1) is 16.5. The summed E-state index contributed by atoms with van der Waals surface area (Å²) in [7, 11) is 0. The summed E-state index contributed by atoms with van der Waals surface area (Å²) in [5.41, 5.74) is 9.80. The van der Waals surface area contributed by atoms with Crippen molar-refractivity contribution in [3.05, 3.63) is 60.2 Å². The summed E-state index contributed by atoms with van der Waals surface area (Å²) in [4.78, 5) is 0. The van der Waals surface area contributed by atoms with Gasteiger partial charge in [0.1, 0.15) is 11.0 Å². The van der Waals surface area contributed by atoms with E-state index in [2.05, 4.69) is 33.4 Å². The van der Waals surface area contributed by atoms with E-state index in [9.17, 15) is 0 Å². The standard InChI is InChI=1S/C17H19N3O.BrH/c18-17-19(11-6-12-21)15-9-4-5-10-16(15)20(17)13-14-7-2-1-3-8-14;/h1-5,7-10,18,21H,6,11-13H2;1H. The number of hydrogen-bond donors (Lipinski definition) is 2. The van der Waals surface area contributed by atoms with E-state index in [1.807, 2.05) is 30.3 Å². The summed E-state index contributed by atoms with van der Waals surface area (Å²) in [6.45, 7) is 1.65. The van der Waals surface area contributed by atoms with Crippen molar-refractivity contribution < 1.29 is 26.7 Å². The Bertz CT molecular complexity index is 740. The number of aliphatic hydroxyl groups excluding tert-OH is 1. The maximum Gasteiger partial charge on any atom is 0.356 e. The number of aliphatic hydroxyl groups is 1. The third kappa shape index (κ3) is 3.15. The number of halogens is 1. The summed E-state index contributed by atoms with van der Waals surface area (Å²) in [6, 6.07) is 18.5. The molecule has 0 spiro atoms. The minimum absolute atomic E-state index is 0. The highest BCUT2D eigenvalue weighted by molar-refractivity contribution is 5.73. The van der Waals surface area contributed by atoms with E-state index in [1.165, 1.54) is 5.56 Å². The fourth-order valence-electron chi connectivity index (χ4n) is 2.71. The van der Waals surface area contributed by atoms with Crippen molar-refractivity contribution in [1.29, 1.82) is 0 Å². The Morgan fingerprint density at radius 1 is 1.00 bits per heavy atom. The number of nitrogen functional groups attached to an aromatic ring is 1. The highest BCUT2D eigenvalue weighted by Gasteiger charge is 2.20. The third-order valence-electron chi connectivity index (χ3n) is 3.74. The molecule has 0 fully saturated rings. The molecule has 0 amide bonds. The second-order valence-electron chi connectivity index (χ2n) is 5.15. The Labute approximate surface area is 140 Å². The highest BCUT2D eigenvalue weighted by atomic mass is 79.9. The molecule has 0 aliphatic rings. The van der Waals surface area contributed by atoms with Gasteiger partial charge in [0.05, 0.1) is 13.1 Å². The summed E-state index contributed by atoms with van der Waals surface area (Å²) in [5, 5.41) is 9.07. The van der Waals surface area contributed by atoms with Gasteiger partial charge in [0.15, 0.2) is 0 Å². The van der Waals surface area contributed by atoms with Gasteiger partial charge in [-0.1, -0.05) is 42.5 Å². The monoisotopic (exact) mass is 361 g/mol. The molecule has 2 aromatic carbocycles.